The van der Waals surface area contributed by atoms with Gasteiger partial charge in [0.05, 0.1) is 18.3 Å². The largest absolute Gasteiger partial charge is 0.390 e. The van der Waals surface area contributed by atoms with Gasteiger partial charge in [-0.3, -0.25) is 19.1 Å². The Hall–Kier alpha value is -2.27. The number of carbonyl (C=O) groups excluding carboxylic acids is 1. The molecule has 2 heterocycles. The Bertz CT molecular complexity index is 740. The Kier molecular flexibility index (Phi) is 6.65. The fraction of sp³-hybridized carbons (Fsp3) is 0.467. The van der Waals surface area contributed by atoms with Gasteiger partial charge in [0.25, 0.3) is 5.56 Å². The maximum Gasteiger partial charge on any atom is 0.330 e. The molecule has 25 heavy (non-hydrogen) atoms. The first kappa shape index (κ1) is 19.1. The van der Waals surface area contributed by atoms with Crippen LogP contribution in [0.15, 0.2) is 21.9 Å². The second kappa shape index (κ2) is 8.72. The fourth-order valence-corrected chi connectivity index (χ4v) is 2.29. The van der Waals surface area contributed by atoms with E-state index < -0.39 is 35.6 Å². The number of amides is 1. The summed E-state index contributed by atoms with van der Waals surface area (Å²) in [6.45, 7) is 0.758. The first-order valence-corrected chi connectivity index (χ1v) is 7.65. The van der Waals surface area contributed by atoms with Crippen LogP contribution in [0, 0.1) is 6.42 Å². The van der Waals surface area contributed by atoms with Crippen LogP contribution in [0.2, 0.25) is 0 Å². The summed E-state index contributed by atoms with van der Waals surface area (Å²) in [4.78, 5) is 37.6. The molecule has 1 aromatic rings. The average molecular weight is 353 g/mol. The molecule has 2 rings (SSSR count). The highest BCUT2D eigenvalue weighted by atomic mass is 16.6. The number of rotatable bonds is 7. The van der Waals surface area contributed by atoms with Gasteiger partial charge in [0.1, 0.15) is 12.3 Å². The normalized spacial score (nSPS) is 23.2. The molecule has 1 saturated heterocycles. The van der Waals surface area contributed by atoms with E-state index in [0.29, 0.717) is 13.1 Å². The van der Waals surface area contributed by atoms with Crippen LogP contribution in [0.25, 0.3) is 6.08 Å². The van der Waals surface area contributed by atoms with Gasteiger partial charge in [-0.25, -0.2) is 4.79 Å². The molecule has 3 atom stereocenters. The minimum atomic E-state index is -0.912. The van der Waals surface area contributed by atoms with Crippen LogP contribution in [0.4, 0.5) is 0 Å². The summed E-state index contributed by atoms with van der Waals surface area (Å²) in [5.41, 5.74) is 4.03. The van der Waals surface area contributed by atoms with E-state index in [1.807, 2.05) is 0 Å². The molecular formula is C15H21N4O6. The maximum absolute atomic E-state index is 12.0. The smallest absolute Gasteiger partial charge is 0.330 e. The van der Waals surface area contributed by atoms with Crippen LogP contribution in [0.3, 0.4) is 0 Å². The van der Waals surface area contributed by atoms with Gasteiger partial charge in [0.2, 0.25) is 5.91 Å². The van der Waals surface area contributed by atoms with E-state index in [1.54, 1.807) is 0 Å². The number of nitrogens with zero attached hydrogens (tertiary/aromatic N) is 1. The second-order valence-corrected chi connectivity index (χ2v) is 5.37. The first-order chi connectivity index (χ1) is 12.0. The number of nitrogens with one attached hydrogen (secondary N) is 2. The number of aromatic amines is 1. The molecule has 1 aromatic heterocycles. The minimum Gasteiger partial charge on any atom is -0.390 e. The van der Waals surface area contributed by atoms with Crippen LogP contribution in [0.1, 0.15) is 11.8 Å². The molecule has 1 fully saturated rings. The van der Waals surface area contributed by atoms with Crippen LogP contribution < -0.4 is 22.3 Å². The third-order valence-electron chi connectivity index (χ3n) is 3.52. The van der Waals surface area contributed by atoms with Gasteiger partial charge in [-0.2, -0.15) is 0 Å². The van der Waals surface area contributed by atoms with Gasteiger partial charge in [-0.1, -0.05) is 0 Å². The fourth-order valence-electron chi connectivity index (χ4n) is 2.29. The Morgan fingerprint density at radius 3 is 3.00 bits per heavy atom. The van der Waals surface area contributed by atoms with E-state index in [9.17, 15) is 19.5 Å². The Balaban J connectivity index is 2.21. The standard InChI is InChI=1S/C15H21N4O6/c1-24-8-11-10(20)6-13(25-11)19-7-9(14(22)18-15(19)23)2-3-12(21)17-5-4-16/h2-3,6-7,10-11,13,20H,4-5,8,16H2,1H3,(H,17,21)(H,18,22,23)/b3-2+/t10?,11-,13-/m1/s1. The van der Waals surface area contributed by atoms with Crippen molar-refractivity contribution in [3.63, 3.8) is 0 Å². The van der Waals surface area contributed by atoms with Crippen molar-refractivity contribution in [2.45, 2.75) is 18.4 Å². The molecule has 1 unspecified atom stereocenters. The average Bonchev–Trinajstić information content (AvgIpc) is 2.93. The van der Waals surface area contributed by atoms with Crippen LogP contribution in [0.5, 0.6) is 0 Å². The zero-order valence-electron chi connectivity index (χ0n) is 13.7. The number of methoxy groups -OCH3 is 1. The number of aliphatic hydroxyl groups is 1. The number of H-pyrrole nitrogens is 1. The van der Waals surface area contributed by atoms with Crippen LogP contribution >= 0.6 is 0 Å². The third-order valence-corrected chi connectivity index (χ3v) is 3.52. The van der Waals surface area contributed by atoms with Gasteiger partial charge in [0.15, 0.2) is 0 Å². The van der Waals surface area contributed by atoms with Crippen molar-refractivity contribution in [3.05, 3.63) is 45.1 Å². The number of hydrogen-bond acceptors (Lipinski definition) is 7. The summed E-state index contributed by atoms with van der Waals surface area (Å²) in [7, 11) is 1.47. The first-order valence-electron chi connectivity index (χ1n) is 7.65. The number of nitrogens with two attached hydrogens (primary N) is 1. The highest BCUT2D eigenvalue weighted by Crippen LogP contribution is 2.26. The quantitative estimate of drug-likeness (QED) is 0.404. The van der Waals surface area contributed by atoms with Crippen LogP contribution in [-0.2, 0) is 14.3 Å². The molecule has 1 aliphatic rings. The zero-order chi connectivity index (χ0) is 18.4. The van der Waals surface area contributed by atoms with Crippen LogP contribution in [-0.4, -0.2) is 59.6 Å². The van der Waals surface area contributed by atoms with E-state index in [0.717, 1.165) is 10.6 Å². The van der Waals surface area contributed by atoms with Gasteiger partial charge in [-0.15, -0.1) is 0 Å². The summed E-state index contributed by atoms with van der Waals surface area (Å²) in [5.74, 6) is -0.415. The molecule has 1 radical (unpaired) electrons. The van der Waals surface area contributed by atoms with Crippen molar-refractivity contribution in [2.24, 2.45) is 5.73 Å². The molecule has 0 saturated carbocycles. The topological polar surface area (TPSA) is 149 Å². The molecule has 1 aliphatic heterocycles. The van der Waals surface area contributed by atoms with Crippen molar-refractivity contribution in [2.75, 3.05) is 26.8 Å². The summed E-state index contributed by atoms with van der Waals surface area (Å²) in [5, 5.41) is 12.4. The van der Waals surface area contributed by atoms with Crippen molar-refractivity contribution in [3.8, 4) is 0 Å². The van der Waals surface area contributed by atoms with Gasteiger partial charge in [-0.05, 0) is 6.08 Å². The van der Waals surface area contributed by atoms with Crippen molar-refractivity contribution in [1.29, 1.82) is 0 Å². The van der Waals surface area contributed by atoms with Crippen molar-refractivity contribution < 1.29 is 19.4 Å². The Labute approximate surface area is 143 Å². The molecule has 10 heteroatoms. The second-order valence-electron chi connectivity index (χ2n) is 5.37. The zero-order valence-corrected chi connectivity index (χ0v) is 13.7. The Morgan fingerprint density at radius 1 is 1.56 bits per heavy atom. The number of hydrogen-bond donors (Lipinski definition) is 4. The molecule has 0 aliphatic carbocycles. The summed E-state index contributed by atoms with van der Waals surface area (Å²) < 4.78 is 11.6. The SMILES string of the molecule is COC[C@H]1O[C@@H](n2cc(/C=C/C(=O)NCCN)c(=O)[nH]c2=O)[CH]C1O. The van der Waals surface area contributed by atoms with E-state index >= 15 is 0 Å². The predicted molar refractivity (Wildman–Crippen MR) is 88.5 cm³/mol. The molecule has 0 spiro atoms. The lowest BCUT2D eigenvalue weighted by Crippen LogP contribution is -2.33. The molecule has 137 valence electrons. The molecule has 0 aromatic carbocycles. The Morgan fingerprint density at radius 2 is 2.32 bits per heavy atom. The highest BCUT2D eigenvalue weighted by Gasteiger charge is 2.35. The van der Waals surface area contributed by atoms with Crippen molar-refractivity contribution in [1.82, 2.24) is 14.9 Å². The number of carbonyl (C=O) groups is 1. The van der Waals surface area contributed by atoms with E-state index in [1.165, 1.54) is 25.8 Å². The molecule has 10 nitrogen and oxygen atoms in total. The van der Waals surface area contributed by atoms with E-state index in [4.69, 9.17) is 15.2 Å². The maximum atomic E-state index is 12.0. The van der Waals surface area contributed by atoms with E-state index in [-0.39, 0.29) is 12.2 Å². The number of aliphatic hydroxyl groups excluding tert-OH is 1. The minimum absolute atomic E-state index is 0.0872. The lowest BCUT2D eigenvalue weighted by molar-refractivity contribution is -0.116. The lowest BCUT2D eigenvalue weighted by atomic mass is 10.2. The van der Waals surface area contributed by atoms with Gasteiger partial charge in [0, 0.05) is 38.9 Å². The van der Waals surface area contributed by atoms with Gasteiger partial charge >= 0.3 is 5.69 Å². The molecule has 0 bridgehead atoms. The summed E-state index contributed by atoms with van der Waals surface area (Å²) in [6.07, 6.45) is 2.73. The number of aromatic nitrogens is 2. The van der Waals surface area contributed by atoms with Gasteiger partial charge < -0.3 is 25.6 Å². The van der Waals surface area contributed by atoms with E-state index in [2.05, 4.69) is 10.3 Å². The third kappa shape index (κ3) is 4.86. The summed E-state index contributed by atoms with van der Waals surface area (Å²) in [6, 6.07) is 0. The predicted octanol–water partition coefficient (Wildman–Crippen LogP) is -2.27. The summed E-state index contributed by atoms with van der Waals surface area (Å²) >= 11 is 0. The highest BCUT2D eigenvalue weighted by molar-refractivity contribution is 5.91. The number of ether oxygens (including phenoxy) is 2. The lowest BCUT2D eigenvalue weighted by Gasteiger charge is -2.15. The monoisotopic (exact) mass is 353 g/mol. The van der Waals surface area contributed by atoms with Crippen molar-refractivity contribution >= 4 is 12.0 Å². The molecular weight excluding hydrogens is 332 g/mol. The molecule has 5 N–H and O–H groups in total. The molecule has 1 amide bonds.